The fourth-order valence-electron chi connectivity index (χ4n) is 8.19. The standard InChI is InChI=1S/C38H29N/c1-3-11-27-24(9-1)18-21-33-37(27)30-20-17-26(36-22-19-25-10-2-8-16-35(25)39-36)23-34(30)38(33)31-14-6-4-12-28(31)29-13-5-7-15-32(29)38/h1-17,20,22-23,25,35,39H,18-19,21H2. The molecule has 0 amide bonds. The summed E-state index contributed by atoms with van der Waals surface area (Å²) in [5, 5.41) is 3.87. The number of fused-ring (bicyclic) bond motifs is 12. The van der Waals surface area contributed by atoms with Crippen LogP contribution in [0.25, 0.3) is 22.4 Å². The van der Waals surface area contributed by atoms with Gasteiger partial charge in [-0.15, -0.1) is 0 Å². The van der Waals surface area contributed by atoms with Gasteiger partial charge in [0.05, 0.1) is 11.5 Å². The molecular formula is C38H29N. The maximum atomic E-state index is 3.87. The van der Waals surface area contributed by atoms with Crippen molar-refractivity contribution in [3.8, 4) is 11.1 Å². The van der Waals surface area contributed by atoms with Gasteiger partial charge in [0.1, 0.15) is 0 Å². The van der Waals surface area contributed by atoms with Crippen molar-refractivity contribution in [2.75, 3.05) is 0 Å². The summed E-state index contributed by atoms with van der Waals surface area (Å²) >= 11 is 0. The summed E-state index contributed by atoms with van der Waals surface area (Å²) in [5.74, 6) is 0.540. The van der Waals surface area contributed by atoms with Gasteiger partial charge in [-0.3, -0.25) is 0 Å². The van der Waals surface area contributed by atoms with E-state index in [4.69, 9.17) is 0 Å². The van der Waals surface area contributed by atoms with Gasteiger partial charge in [-0.1, -0.05) is 115 Å². The summed E-state index contributed by atoms with van der Waals surface area (Å²) in [7, 11) is 0. The van der Waals surface area contributed by atoms with E-state index in [-0.39, 0.29) is 5.41 Å². The molecule has 0 fully saturated rings. The number of rotatable bonds is 1. The second-order valence-corrected chi connectivity index (χ2v) is 11.6. The highest BCUT2D eigenvalue weighted by Gasteiger charge is 2.53. The smallest absolute Gasteiger partial charge is 0.0689 e. The Morgan fingerprint density at radius 3 is 2.18 bits per heavy atom. The van der Waals surface area contributed by atoms with E-state index in [0.717, 1.165) is 19.3 Å². The van der Waals surface area contributed by atoms with E-state index in [1.54, 1.807) is 5.57 Å². The third-order valence-electron chi connectivity index (χ3n) is 9.81. The van der Waals surface area contributed by atoms with Gasteiger partial charge in [-0.25, -0.2) is 0 Å². The topological polar surface area (TPSA) is 12.0 Å². The molecule has 1 heterocycles. The highest BCUT2D eigenvalue weighted by atomic mass is 14.9. The van der Waals surface area contributed by atoms with Crippen molar-refractivity contribution in [1.29, 1.82) is 0 Å². The highest BCUT2D eigenvalue weighted by Crippen LogP contribution is 2.64. The van der Waals surface area contributed by atoms with Crippen LogP contribution in [0.2, 0.25) is 0 Å². The molecule has 186 valence electrons. The minimum Gasteiger partial charge on any atom is -0.378 e. The van der Waals surface area contributed by atoms with Gasteiger partial charge < -0.3 is 5.32 Å². The quantitative estimate of drug-likeness (QED) is 0.278. The van der Waals surface area contributed by atoms with E-state index >= 15 is 0 Å². The van der Waals surface area contributed by atoms with Gasteiger partial charge in [-0.2, -0.15) is 0 Å². The molecule has 5 aliphatic rings. The Hall–Kier alpha value is -4.36. The van der Waals surface area contributed by atoms with Crippen LogP contribution in [0.3, 0.4) is 0 Å². The van der Waals surface area contributed by atoms with Crippen LogP contribution in [0, 0.1) is 5.92 Å². The monoisotopic (exact) mass is 499 g/mol. The molecular weight excluding hydrogens is 470 g/mol. The van der Waals surface area contributed by atoms with Gasteiger partial charge in [0.25, 0.3) is 0 Å². The lowest BCUT2D eigenvalue weighted by atomic mass is 9.67. The maximum absolute atomic E-state index is 3.87. The Balaban J connectivity index is 1.33. The average molecular weight is 500 g/mol. The summed E-state index contributed by atoms with van der Waals surface area (Å²) in [5.41, 5.74) is 16.8. The first-order valence-electron chi connectivity index (χ1n) is 14.3. The van der Waals surface area contributed by atoms with Crippen LogP contribution in [0.5, 0.6) is 0 Å². The Morgan fingerprint density at radius 1 is 0.641 bits per heavy atom. The van der Waals surface area contributed by atoms with E-state index in [0.29, 0.717) is 12.0 Å². The second kappa shape index (κ2) is 7.83. The summed E-state index contributed by atoms with van der Waals surface area (Å²) in [6.07, 6.45) is 14.7. The fraction of sp³-hybridized carbons (Fsp3) is 0.158. The van der Waals surface area contributed by atoms with Crippen LogP contribution in [0.1, 0.15) is 51.8 Å². The number of allylic oxidation sites excluding steroid dienone is 4. The van der Waals surface area contributed by atoms with Crippen molar-refractivity contribution in [3.63, 3.8) is 0 Å². The molecule has 4 aliphatic carbocycles. The van der Waals surface area contributed by atoms with Gasteiger partial charge >= 0.3 is 0 Å². The third-order valence-corrected chi connectivity index (χ3v) is 9.81. The molecule has 2 atom stereocenters. The van der Waals surface area contributed by atoms with Crippen LogP contribution >= 0.6 is 0 Å². The van der Waals surface area contributed by atoms with E-state index in [9.17, 15) is 0 Å². The number of nitrogens with one attached hydrogen (secondary N) is 1. The van der Waals surface area contributed by atoms with E-state index in [2.05, 4.69) is 127 Å². The molecule has 0 saturated carbocycles. The molecule has 39 heavy (non-hydrogen) atoms. The zero-order chi connectivity index (χ0) is 25.6. The van der Waals surface area contributed by atoms with Crippen LogP contribution in [0.4, 0.5) is 0 Å². The molecule has 0 saturated heterocycles. The molecule has 9 rings (SSSR count). The number of hydrogen-bond donors (Lipinski definition) is 1. The molecule has 1 aliphatic heterocycles. The van der Waals surface area contributed by atoms with Crippen molar-refractivity contribution in [2.45, 2.75) is 30.7 Å². The van der Waals surface area contributed by atoms with Crippen molar-refractivity contribution in [1.82, 2.24) is 5.32 Å². The summed E-state index contributed by atoms with van der Waals surface area (Å²) in [6.45, 7) is 0. The van der Waals surface area contributed by atoms with Crippen LogP contribution in [-0.4, -0.2) is 6.04 Å². The summed E-state index contributed by atoms with van der Waals surface area (Å²) in [6, 6.07) is 35.1. The molecule has 0 radical (unpaired) electrons. The first kappa shape index (κ1) is 21.6. The Kier molecular flexibility index (Phi) is 4.33. The van der Waals surface area contributed by atoms with Crippen molar-refractivity contribution in [3.05, 3.63) is 166 Å². The van der Waals surface area contributed by atoms with E-state index < -0.39 is 0 Å². The first-order valence-corrected chi connectivity index (χ1v) is 14.3. The normalized spacial score (nSPS) is 22.3. The predicted octanol–water partition coefficient (Wildman–Crippen LogP) is 8.21. The zero-order valence-electron chi connectivity index (χ0n) is 21.8. The molecule has 1 nitrogen and oxygen atoms in total. The minimum absolute atomic E-state index is 0.243. The molecule has 2 unspecified atom stereocenters. The van der Waals surface area contributed by atoms with E-state index in [1.165, 1.54) is 61.3 Å². The summed E-state index contributed by atoms with van der Waals surface area (Å²) < 4.78 is 0. The Morgan fingerprint density at radius 2 is 1.36 bits per heavy atom. The lowest BCUT2D eigenvalue weighted by molar-refractivity contribution is 0.509. The summed E-state index contributed by atoms with van der Waals surface area (Å²) in [4.78, 5) is 0. The van der Waals surface area contributed by atoms with Crippen LogP contribution < -0.4 is 5.32 Å². The fourth-order valence-corrected chi connectivity index (χ4v) is 8.19. The third kappa shape index (κ3) is 2.75. The van der Waals surface area contributed by atoms with Crippen LogP contribution in [-0.2, 0) is 11.8 Å². The largest absolute Gasteiger partial charge is 0.378 e. The zero-order valence-corrected chi connectivity index (χ0v) is 21.8. The molecule has 0 aromatic heterocycles. The SMILES string of the molecule is C1=CC2CC=C(c3ccc4c(c3)C3(C5=C4c4ccccc4CC5)c4ccccc4-c4ccccc43)NC2C=C1. The number of benzene rings is 4. The molecule has 1 N–H and O–H groups in total. The molecule has 0 bridgehead atoms. The maximum Gasteiger partial charge on any atom is 0.0689 e. The van der Waals surface area contributed by atoms with Gasteiger partial charge in [0.2, 0.25) is 0 Å². The molecule has 4 aromatic rings. The van der Waals surface area contributed by atoms with Crippen molar-refractivity contribution < 1.29 is 0 Å². The van der Waals surface area contributed by atoms with Gasteiger partial charge in [0.15, 0.2) is 0 Å². The van der Waals surface area contributed by atoms with Crippen LogP contribution in [0.15, 0.2) is 127 Å². The van der Waals surface area contributed by atoms with Crippen molar-refractivity contribution >= 4 is 11.3 Å². The Bertz CT molecular complexity index is 1780. The lowest BCUT2D eigenvalue weighted by Crippen LogP contribution is -2.36. The molecule has 1 heteroatoms. The predicted molar refractivity (Wildman–Crippen MR) is 160 cm³/mol. The minimum atomic E-state index is -0.243. The van der Waals surface area contributed by atoms with E-state index in [1.807, 2.05) is 0 Å². The Labute approximate surface area is 229 Å². The van der Waals surface area contributed by atoms with Crippen molar-refractivity contribution in [2.24, 2.45) is 5.92 Å². The number of hydrogen-bond acceptors (Lipinski definition) is 1. The second-order valence-electron chi connectivity index (χ2n) is 11.6. The highest BCUT2D eigenvalue weighted by molar-refractivity contribution is 6.00. The molecule has 4 aromatic carbocycles. The first-order chi connectivity index (χ1) is 19.3. The van der Waals surface area contributed by atoms with Gasteiger partial charge in [0, 0.05) is 11.6 Å². The lowest BCUT2D eigenvalue weighted by Gasteiger charge is -2.35. The number of aryl methyl sites for hydroxylation is 1. The molecule has 1 spiro atoms. The average Bonchev–Trinajstić information content (AvgIpc) is 3.48. The van der Waals surface area contributed by atoms with Gasteiger partial charge in [-0.05, 0) is 86.5 Å².